The molecule has 0 radical (unpaired) electrons. The highest BCUT2D eigenvalue weighted by Gasteiger charge is 2.03. The molecule has 0 unspecified atom stereocenters. The monoisotopic (exact) mass is 228 g/mol. The van der Waals surface area contributed by atoms with Gasteiger partial charge in [-0.2, -0.15) is 0 Å². The molecule has 0 saturated heterocycles. The number of carbonyl (C=O) groups is 1. The van der Waals surface area contributed by atoms with Gasteiger partial charge in [0.25, 0.3) is 0 Å². The quantitative estimate of drug-likeness (QED) is 0.460. The third-order valence-corrected chi connectivity index (χ3v) is 2.55. The van der Waals surface area contributed by atoms with Gasteiger partial charge in [0.1, 0.15) is 0 Å². The molecule has 0 aliphatic carbocycles. The van der Waals surface area contributed by atoms with E-state index in [-0.39, 0.29) is 12.5 Å². The van der Waals surface area contributed by atoms with Crippen LogP contribution in [0.15, 0.2) is 12.2 Å². The predicted octanol–water partition coefficient (Wildman–Crippen LogP) is 3.39. The molecule has 1 N–H and O–H groups in total. The van der Waals surface area contributed by atoms with Crippen LogP contribution >= 0.6 is 0 Å². The smallest absolute Gasteiger partial charge is 0.303 e. The second-order valence-electron chi connectivity index (χ2n) is 3.99. The fourth-order valence-electron chi connectivity index (χ4n) is 1.53. The fourth-order valence-corrected chi connectivity index (χ4v) is 1.53. The largest absolute Gasteiger partial charge is 0.481 e. The van der Waals surface area contributed by atoms with Crippen LogP contribution in [0, 0.1) is 0 Å². The van der Waals surface area contributed by atoms with Crippen molar-refractivity contribution in [1.82, 2.24) is 0 Å². The third-order valence-electron chi connectivity index (χ3n) is 2.55. The van der Waals surface area contributed by atoms with Gasteiger partial charge in [0.15, 0.2) is 0 Å². The van der Waals surface area contributed by atoms with E-state index in [0.717, 1.165) is 12.8 Å². The van der Waals surface area contributed by atoms with Crippen LogP contribution in [0.1, 0.15) is 51.9 Å². The minimum Gasteiger partial charge on any atom is -0.481 e. The van der Waals surface area contributed by atoms with Crippen LogP contribution in [0.5, 0.6) is 0 Å². The van der Waals surface area contributed by atoms with E-state index >= 15 is 0 Å². The lowest BCUT2D eigenvalue weighted by Gasteiger charge is -2.12. The summed E-state index contributed by atoms with van der Waals surface area (Å²) >= 11 is 0. The standard InChI is InChI=1S/C13H24O3/c1-3-4-6-9-12(16-2)10-7-5-8-11-13(14)15/h5,7,12H,3-4,6,8-11H2,1-2H3,(H,14,15)/t12-/m0/s1. The number of rotatable bonds is 10. The van der Waals surface area contributed by atoms with E-state index in [2.05, 4.69) is 6.92 Å². The van der Waals surface area contributed by atoms with Crippen LogP contribution in [-0.2, 0) is 9.53 Å². The van der Waals surface area contributed by atoms with E-state index in [1.165, 1.54) is 19.3 Å². The lowest BCUT2D eigenvalue weighted by molar-refractivity contribution is -0.136. The minimum atomic E-state index is -0.740. The van der Waals surface area contributed by atoms with E-state index in [1.807, 2.05) is 12.2 Å². The lowest BCUT2D eigenvalue weighted by atomic mass is 10.1. The van der Waals surface area contributed by atoms with Crippen molar-refractivity contribution in [2.24, 2.45) is 0 Å². The molecule has 0 fully saturated rings. The molecule has 94 valence electrons. The molecule has 0 aliphatic rings. The first-order chi connectivity index (χ1) is 7.70. The van der Waals surface area contributed by atoms with Gasteiger partial charge in [-0.25, -0.2) is 0 Å². The molecule has 0 spiro atoms. The normalized spacial score (nSPS) is 13.1. The van der Waals surface area contributed by atoms with Gasteiger partial charge >= 0.3 is 5.97 Å². The molecule has 0 amide bonds. The van der Waals surface area contributed by atoms with Gasteiger partial charge in [-0.3, -0.25) is 4.79 Å². The van der Waals surface area contributed by atoms with Crippen molar-refractivity contribution in [2.75, 3.05) is 7.11 Å². The number of unbranched alkanes of at least 4 members (excludes halogenated alkanes) is 2. The molecule has 0 bridgehead atoms. The Labute approximate surface area is 98.5 Å². The van der Waals surface area contributed by atoms with Gasteiger partial charge in [0.2, 0.25) is 0 Å². The highest BCUT2D eigenvalue weighted by atomic mass is 16.5. The van der Waals surface area contributed by atoms with Crippen molar-refractivity contribution in [3.8, 4) is 0 Å². The zero-order chi connectivity index (χ0) is 12.2. The molecule has 0 rings (SSSR count). The SMILES string of the molecule is CCCCC[C@@H](CC=CCCC(=O)O)OC. The molecule has 16 heavy (non-hydrogen) atoms. The molecule has 3 heteroatoms. The predicted molar refractivity (Wildman–Crippen MR) is 65.6 cm³/mol. The van der Waals surface area contributed by atoms with E-state index < -0.39 is 5.97 Å². The van der Waals surface area contributed by atoms with E-state index in [9.17, 15) is 4.79 Å². The summed E-state index contributed by atoms with van der Waals surface area (Å²) in [5, 5.41) is 8.45. The van der Waals surface area contributed by atoms with Crippen LogP contribution < -0.4 is 0 Å². The Kier molecular flexibility index (Phi) is 10.1. The number of aliphatic carboxylic acids is 1. The van der Waals surface area contributed by atoms with Crippen LogP contribution in [0.3, 0.4) is 0 Å². The summed E-state index contributed by atoms with van der Waals surface area (Å²) < 4.78 is 5.36. The lowest BCUT2D eigenvalue weighted by Crippen LogP contribution is -2.08. The zero-order valence-electron chi connectivity index (χ0n) is 10.4. The highest BCUT2D eigenvalue weighted by molar-refractivity contribution is 5.66. The van der Waals surface area contributed by atoms with Gasteiger partial charge in [-0.05, 0) is 19.3 Å². The molecular weight excluding hydrogens is 204 g/mol. The number of carboxylic acids is 1. The summed E-state index contributed by atoms with van der Waals surface area (Å²) in [5.41, 5.74) is 0. The first kappa shape index (κ1) is 15.2. The number of methoxy groups -OCH3 is 1. The molecule has 0 saturated carbocycles. The zero-order valence-corrected chi connectivity index (χ0v) is 10.4. The first-order valence-corrected chi connectivity index (χ1v) is 6.10. The van der Waals surface area contributed by atoms with Gasteiger partial charge in [0.05, 0.1) is 6.10 Å². The molecule has 0 aromatic carbocycles. The third kappa shape index (κ3) is 9.71. The van der Waals surface area contributed by atoms with Crippen molar-refractivity contribution in [3.63, 3.8) is 0 Å². The summed E-state index contributed by atoms with van der Waals surface area (Å²) in [6.07, 6.45) is 10.7. The average molecular weight is 228 g/mol. The van der Waals surface area contributed by atoms with E-state index in [1.54, 1.807) is 7.11 Å². The van der Waals surface area contributed by atoms with Gasteiger partial charge in [-0.15, -0.1) is 0 Å². The van der Waals surface area contributed by atoms with Gasteiger partial charge in [0, 0.05) is 13.5 Å². The number of carboxylic acid groups (broad SMARTS) is 1. The van der Waals surface area contributed by atoms with Gasteiger partial charge in [-0.1, -0.05) is 38.3 Å². The van der Waals surface area contributed by atoms with Crippen molar-refractivity contribution >= 4 is 5.97 Å². The highest BCUT2D eigenvalue weighted by Crippen LogP contribution is 2.10. The number of ether oxygens (including phenoxy) is 1. The van der Waals surface area contributed by atoms with Crippen molar-refractivity contribution in [2.45, 2.75) is 58.0 Å². The number of allylic oxidation sites excluding steroid dienone is 1. The molecule has 1 atom stereocenters. The molecule has 0 aromatic heterocycles. The summed E-state index contributed by atoms with van der Waals surface area (Å²) in [6.45, 7) is 2.19. The topological polar surface area (TPSA) is 46.5 Å². The Morgan fingerprint density at radius 3 is 2.69 bits per heavy atom. The second-order valence-corrected chi connectivity index (χ2v) is 3.99. The maximum atomic E-state index is 10.3. The van der Waals surface area contributed by atoms with Crippen molar-refractivity contribution in [3.05, 3.63) is 12.2 Å². The van der Waals surface area contributed by atoms with Crippen molar-refractivity contribution < 1.29 is 14.6 Å². The number of hydrogen-bond acceptors (Lipinski definition) is 2. The summed E-state index contributed by atoms with van der Waals surface area (Å²) in [6, 6.07) is 0. The molecular formula is C13H24O3. The minimum absolute atomic E-state index is 0.212. The molecule has 3 nitrogen and oxygen atoms in total. The molecule has 0 aliphatic heterocycles. The first-order valence-electron chi connectivity index (χ1n) is 6.10. The second kappa shape index (κ2) is 10.7. The Morgan fingerprint density at radius 2 is 2.12 bits per heavy atom. The van der Waals surface area contributed by atoms with Crippen LogP contribution in [0.25, 0.3) is 0 Å². The van der Waals surface area contributed by atoms with E-state index in [4.69, 9.17) is 9.84 Å². The Hall–Kier alpha value is -0.830. The van der Waals surface area contributed by atoms with Crippen molar-refractivity contribution in [1.29, 1.82) is 0 Å². The van der Waals surface area contributed by atoms with E-state index in [0.29, 0.717) is 6.42 Å². The Bertz CT molecular complexity index is 199. The van der Waals surface area contributed by atoms with Gasteiger partial charge < -0.3 is 9.84 Å². The van der Waals surface area contributed by atoms with Crippen LogP contribution in [0.2, 0.25) is 0 Å². The van der Waals surface area contributed by atoms with Crippen LogP contribution in [-0.4, -0.2) is 24.3 Å². The maximum Gasteiger partial charge on any atom is 0.303 e. The Balaban J connectivity index is 3.56. The van der Waals surface area contributed by atoms with Crippen LogP contribution in [0.4, 0.5) is 0 Å². The Morgan fingerprint density at radius 1 is 1.38 bits per heavy atom. The average Bonchev–Trinajstić information content (AvgIpc) is 2.26. The number of hydrogen-bond donors (Lipinski definition) is 1. The summed E-state index contributed by atoms with van der Waals surface area (Å²) in [5.74, 6) is -0.740. The molecule has 0 aromatic rings. The molecule has 0 heterocycles. The maximum absolute atomic E-state index is 10.3. The summed E-state index contributed by atoms with van der Waals surface area (Å²) in [4.78, 5) is 10.3. The fraction of sp³-hybridized carbons (Fsp3) is 0.769. The summed E-state index contributed by atoms with van der Waals surface area (Å²) in [7, 11) is 1.74.